The molecule has 1 atom stereocenters. The molecule has 0 aromatic heterocycles. The molecular weight excluding hydrogens is 252 g/mol. The zero-order valence-corrected chi connectivity index (χ0v) is 12.2. The Kier molecular flexibility index (Phi) is 5.42. The maximum absolute atomic E-state index is 12.1. The molecule has 2 saturated carbocycles. The van der Waals surface area contributed by atoms with Gasteiger partial charge >= 0.3 is 0 Å². The zero-order valence-electron chi connectivity index (χ0n) is 12.2. The highest BCUT2D eigenvalue weighted by atomic mass is 16.3. The minimum atomic E-state index is -0.838. The Morgan fingerprint density at radius 1 is 1.20 bits per heavy atom. The highest BCUT2D eigenvalue weighted by molar-refractivity contribution is 5.77. The van der Waals surface area contributed by atoms with Crippen LogP contribution in [0.4, 0.5) is 0 Å². The fourth-order valence-electron chi connectivity index (χ4n) is 3.63. The number of nitriles is 1. The number of nitrogens with one attached hydrogen (secondary N) is 1. The van der Waals surface area contributed by atoms with Crippen LogP contribution < -0.4 is 5.32 Å². The number of hydrogen-bond acceptors (Lipinski definition) is 3. The Bertz CT molecular complexity index is 363. The summed E-state index contributed by atoms with van der Waals surface area (Å²) in [6, 6.07) is 1.86. The number of rotatable bonds is 4. The van der Waals surface area contributed by atoms with Crippen molar-refractivity contribution in [2.75, 3.05) is 0 Å². The van der Waals surface area contributed by atoms with E-state index in [9.17, 15) is 15.2 Å². The van der Waals surface area contributed by atoms with Crippen LogP contribution in [0.3, 0.4) is 0 Å². The lowest BCUT2D eigenvalue weighted by Gasteiger charge is -2.32. The van der Waals surface area contributed by atoms with E-state index in [-0.39, 0.29) is 18.4 Å². The summed E-state index contributed by atoms with van der Waals surface area (Å²) in [5.74, 6) is 0.130. The van der Waals surface area contributed by atoms with Crippen LogP contribution >= 0.6 is 0 Å². The highest BCUT2D eigenvalue weighted by Crippen LogP contribution is 2.31. The number of aliphatic hydroxyl groups is 1. The van der Waals surface area contributed by atoms with Crippen molar-refractivity contribution in [2.24, 2.45) is 5.92 Å². The molecule has 4 nitrogen and oxygen atoms in total. The summed E-state index contributed by atoms with van der Waals surface area (Å²) in [5, 5.41) is 22.5. The van der Waals surface area contributed by atoms with Crippen molar-refractivity contribution in [2.45, 2.75) is 82.3 Å². The molecule has 2 N–H and O–H groups in total. The van der Waals surface area contributed by atoms with Gasteiger partial charge in [-0.1, -0.05) is 38.5 Å². The second-order valence-corrected chi connectivity index (χ2v) is 6.53. The first-order valence-corrected chi connectivity index (χ1v) is 8.04. The third kappa shape index (κ3) is 4.21. The van der Waals surface area contributed by atoms with E-state index in [1.807, 2.05) is 0 Å². The van der Waals surface area contributed by atoms with E-state index in [2.05, 4.69) is 11.4 Å². The average Bonchev–Trinajstić information content (AvgIpc) is 2.46. The van der Waals surface area contributed by atoms with Crippen LogP contribution in [0.25, 0.3) is 0 Å². The summed E-state index contributed by atoms with van der Waals surface area (Å²) >= 11 is 0. The van der Waals surface area contributed by atoms with Crippen molar-refractivity contribution in [1.82, 2.24) is 5.32 Å². The fraction of sp³-hybridized carbons (Fsp3) is 0.875. The third-order valence-corrected chi connectivity index (χ3v) is 4.85. The van der Waals surface area contributed by atoms with E-state index < -0.39 is 5.60 Å². The molecule has 0 aliphatic heterocycles. The summed E-state index contributed by atoms with van der Waals surface area (Å²) < 4.78 is 0. The van der Waals surface area contributed by atoms with Gasteiger partial charge in [-0.2, -0.15) is 5.26 Å². The molecule has 0 radical (unpaired) electrons. The van der Waals surface area contributed by atoms with Crippen molar-refractivity contribution >= 4 is 5.91 Å². The second kappa shape index (κ2) is 7.08. The number of nitrogens with zero attached hydrogens (tertiary/aromatic N) is 1. The number of carbonyl (C=O) groups is 1. The van der Waals surface area contributed by atoms with Crippen LogP contribution in [0.5, 0.6) is 0 Å². The lowest BCUT2D eigenvalue weighted by atomic mass is 9.81. The number of carbonyl (C=O) groups excluding carboxylic acids is 1. The minimum Gasteiger partial charge on any atom is -0.389 e. The highest BCUT2D eigenvalue weighted by Gasteiger charge is 2.33. The van der Waals surface area contributed by atoms with Gasteiger partial charge < -0.3 is 10.4 Å². The Morgan fingerprint density at radius 2 is 1.80 bits per heavy atom. The first-order chi connectivity index (χ1) is 9.63. The summed E-state index contributed by atoms with van der Waals surface area (Å²) in [5.41, 5.74) is -0.838. The van der Waals surface area contributed by atoms with Crippen molar-refractivity contribution < 1.29 is 9.90 Å². The lowest BCUT2D eigenvalue weighted by Crippen LogP contribution is -2.44. The van der Waals surface area contributed by atoms with Crippen LogP contribution in [-0.2, 0) is 4.79 Å². The predicted molar refractivity (Wildman–Crippen MR) is 76.8 cm³/mol. The summed E-state index contributed by atoms with van der Waals surface area (Å²) in [6.07, 6.45) is 10.3. The maximum atomic E-state index is 12.1. The molecular formula is C16H26N2O2. The summed E-state index contributed by atoms with van der Waals surface area (Å²) in [4.78, 5) is 12.1. The molecule has 0 bridgehead atoms. The molecule has 0 saturated heterocycles. The Balaban J connectivity index is 1.84. The minimum absolute atomic E-state index is 0.151. The van der Waals surface area contributed by atoms with Crippen molar-refractivity contribution in [1.29, 1.82) is 5.26 Å². The lowest BCUT2D eigenvalue weighted by molar-refractivity contribution is -0.128. The van der Waals surface area contributed by atoms with E-state index in [0.717, 1.165) is 44.9 Å². The van der Waals surface area contributed by atoms with Gasteiger partial charge in [0, 0.05) is 0 Å². The monoisotopic (exact) mass is 278 g/mol. The van der Waals surface area contributed by atoms with Gasteiger partial charge in [-0.15, -0.1) is 0 Å². The maximum Gasteiger partial charge on any atom is 0.223 e. The van der Waals surface area contributed by atoms with Gasteiger partial charge in [0.25, 0.3) is 0 Å². The van der Waals surface area contributed by atoms with Crippen LogP contribution in [0.1, 0.15) is 70.6 Å². The molecule has 2 aliphatic rings. The zero-order chi connectivity index (χ0) is 14.4. The van der Waals surface area contributed by atoms with Crippen molar-refractivity contribution in [3.05, 3.63) is 0 Å². The van der Waals surface area contributed by atoms with Gasteiger partial charge in [-0.05, 0) is 31.6 Å². The third-order valence-electron chi connectivity index (χ3n) is 4.85. The molecule has 0 aromatic rings. The molecule has 0 aromatic carbocycles. The SMILES string of the molecule is N#CC(NC(=O)CC1(O)CCCCC1)C1CCCCC1. The van der Waals surface area contributed by atoms with Gasteiger partial charge in [-0.25, -0.2) is 0 Å². The van der Waals surface area contributed by atoms with Crippen LogP contribution in [0.2, 0.25) is 0 Å². The molecule has 4 heteroatoms. The molecule has 2 aliphatic carbocycles. The standard InChI is InChI=1S/C16H26N2O2/c17-12-14(13-7-3-1-4-8-13)18-15(19)11-16(20)9-5-2-6-10-16/h13-14,20H,1-11H2,(H,18,19). The van der Waals surface area contributed by atoms with E-state index in [1.165, 1.54) is 6.42 Å². The van der Waals surface area contributed by atoms with Gasteiger partial charge in [0.15, 0.2) is 0 Å². The van der Waals surface area contributed by atoms with Crippen LogP contribution in [0, 0.1) is 17.2 Å². The topological polar surface area (TPSA) is 73.1 Å². The Labute approximate surface area is 121 Å². The van der Waals surface area contributed by atoms with Gasteiger partial charge in [0.05, 0.1) is 18.1 Å². The van der Waals surface area contributed by atoms with E-state index in [1.54, 1.807) is 0 Å². The van der Waals surface area contributed by atoms with E-state index in [4.69, 9.17) is 0 Å². The van der Waals surface area contributed by atoms with Gasteiger partial charge in [0.2, 0.25) is 5.91 Å². The normalized spacial score (nSPS) is 24.6. The van der Waals surface area contributed by atoms with E-state index >= 15 is 0 Å². The van der Waals surface area contributed by atoms with Crippen LogP contribution in [-0.4, -0.2) is 22.7 Å². The van der Waals surface area contributed by atoms with Crippen molar-refractivity contribution in [3.63, 3.8) is 0 Å². The van der Waals surface area contributed by atoms with Crippen molar-refractivity contribution in [3.8, 4) is 6.07 Å². The first-order valence-electron chi connectivity index (χ1n) is 8.04. The quantitative estimate of drug-likeness (QED) is 0.830. The molecule has 1 unspecified atom stereocenters. The number of amides is 1. The molecule has 112 valence electrons. The molecule has 2 fully saturated rings. The largest absolute Gasteiger partial charge is 0.389 e. The molecule has 0 heterocycles. The molecule has 1 amide bonds. The van der Waals surface area contributed by atoms with Crippen LogP contribution in [0.15, 0.2) is 0 Å². The molecule has 2 rings (SSSR count). The summed E-state index contributed by atoms with van der Waals surface area (Å²) in [7, 11) is 0. The van der Waals surface area contributed by atoms with Gasteiger partial charge in [-0.3, -0.25) is 4.79 Å². The predicted octanol–water partition coefficient (Wildman–Crippen LogP) is 2.66. The summed E-state index contributed by atoms with van der Waals surface area (Å²) in [6.45, 7) is 0. The Morgan fingerprint density at radius 3 is 2.40 bits per heavy atom. The molecule has 20 heavy (non-hydrogen) atoms. The number of hydrogen-bond donors (Lipinski definition) is 2. The Hall–Kier alpha value is -1.08. The van der Waals surface area contributed by atoms with Gasteiger partial charge in [0.1, 0.15) is 6.04 Å². The smallest absolute Gasteiger partial charge is 0.223 e. The second-order valence-electron chi connectivity index (χ2n) is 6.53. The fourth-order valence-corrected chi connectivity index (χ4v) is 3.63. The first kappa shape index (κ1) is 15.3. The molecule has 0 spiro atoms. The average molecular weight is 278 g/mol. The van der Waals surface area contributed by atoms with E-state index in [0.29, 0.717) is 18.8 Å².